The highest BCUT2D eigenvalue weighted by Gasteiger charge is 2.20. The summed E-state index contributed by atoms with van der Waals surface area (Å²) in [6, 6.07) is 9.67. The monoisotopic (exact) mass is 330 g/mol. The van der Waals surface area contributed by atoms with Crippen LogP contribution in [-0.2, 0) is 11.3 Å². The van der Waals surface area contributed by atoms with Crippen molar-refractivity contribution in [2.24, 2.45) is 0 Å². The van der Waals surface area contributed by atoms with Crippen molar-refractivity contribution in [2.45, 2.75) is 37.7 Å². The van der Waals surface area contributed by atoms with Crippen LogP contribution in [0.25, 0.3) is 11.0 Å². The summed E-state index contributed by atoms with van der Waals surface area (Å²) >= 11 is 1.43. The summed E-state index contributed by atoms with van der Waals surface area (Å²) in [5, 5.41) is 7.02. The van der Waals surface area contributed by atoms with Gasteiger partial charge in [-0.05, 0) is 32.9 Å². The van der Waals surface area contributed by atoms with E-state index in [1.54, 1.807) is 13.0 Å². The molecule has 0 spiro atoms. The van der Waals surface area contributed by atoms with Gasteiger partial charge in [-0.3, -0.25) is 10.1 Å². The molecule has 1 amide bonds. The van der Waals surface area contributed by atoms with E-state index in [0.29, 0.717) is 5.88 Å². The van der Waals surface area contributed by atoms with Crippen LogP contribution in [0.15, 0.2) is 40.0 Å². The molecule has 3 aromatic rings. The van der Waals surface area contributed by atoms with Crippen LogP contribution < -0.4 is 5.32 Å². The van der Waals surface area contributed by atoms with Crippen LogP contribution in [0.5, 0.6) is 0 Å². The van der Waals surface area contributed by atoms with Gasteiger partial charge in [0, 0.05) is 12.6 Å². The number of hydrogen-bond donors (Lipinski definition) is 1. The number of anilines is 1. The van der Waals surface area contributed by atoms with E-state index >= 15 is 0 Å². The Kier molecular flexibility index (Phi) is 4.38. The predicted octanol–water partition coefficient (Wildman–Crippen LogP) is 3.47. The van der Waals surface area contributed by atoms with E-state index in [4.69, 9.17) is 4.52 Å². The highest BCUT2D eigenvalue weighted by Crippen LogP contribution is 2.27. The third-order valence-electron chi connectivity index (χ3n) is 3.46. The largest absolute Gasteiger partial charge is 0.338 e. The van der Waals surface area contributed by atoms with Crippen LogP contribution in [-0.4, -0.2) is 25.9 Å². The minimum Gasteiger partial charge on any atom is -0.338 e. The SMILES string of the molecule is CCn1c(S[C@@H](C)C(=O)Nc2cc(C)no2)nc2ccccc21. The fraction of sp³-hybridized carbons (Fsp3) is 0.312. The van der Waals surface area contributed by atoms with Crippen molar-refractivity contribution in [1.29, 1.82) is 0 Å². The summed E-state index contributed by atoms with van der Waals surface area (Å²) in [5.41, 5.74) is 2.75. The maximum absolute atomic E-state index is 12.3. The lowest BCUT2D eigenvalue weighted by Crippen LogP contribution is -2.22. The normalized spacial score (nSPS) is 12.5. The first-order valence-corrected chi connectivity index (χ1v) is 8.32. The number of imidazole rings is 1. The Labute approximate surface area is 138 Å². The Morgan fingerprint density at radius 1 is 1.43 bits per heavy atom. The molecule has 1 atom stereocenters. The zero-order chi connectivity index (χ0) is 16.4. The second-order valence-corrected chi connectivity index (χ2v) is 6.52. The highest BCUT2D eigenvalue weighted by atomic mass is 32.2. The molecule has 0 bridgehead atoms. The summed E-state index contributed by atoms with van der Waals surface area (Å²) in [5.74, 6) is 0.227. The molecule has 0 saturated carbocycles. The Morgan fingerprint density at radius 2 is 2.22 bits per heavy atom. The van der Waals surface area contributed by atoms with Crippen LogP contribution in [0, 0.1) is 6.92 Å². The Morgan fingerprint density at radius 3 is 2.91 bits per heavy atom. The van der Waals surface area contributed by atoms with Gasteiger partial charge < -0.3 is 9.09 Å². The molecule has 23 heavy (non-hydrogen) atoms. The standard InChI is InChI=1S/C16H18N4O2S/c1-4-20-13-8-6-5-7-12(13)17-16(20)23-11(3)15(21)18-14-9-10(2)19-22-14/h5-9,11H,4H2,1-3H3,(H,18,21)/t11-/m0/s1. The minimum absolute atomic E-state index is 0.138. The Bertz CT molecular complexity index is 840. The van der Waals surface area contributed by atoms with E-state index < -0.39 is 0 Å². The summed E-state index contributed by atoms with van der Waals surface area (Å²) < 4.78 is 7.13. The number of aromatic nitrogens is 3. The summed E-state index contributed by atoms with van der Waals surface area (Å²) in [6.45, 7) is 6.53. The van der Waals surface area contributed by atoms with Gasteiger partial charge in [-0.2, -0.15) is 0 Å². The van der Waals surface area contributed by atoms with Crippen molar-refractivity contribution in [1.82, 2.24) is 14.7 Å². The van der Waals surface area contributed by atoms with Crippen molar-refractivity contribution >= 4 is 34.6 Å². The van der Waals surface area contributed by atoms with E-state index in [1.165, 1.54) is 11.8 Å². The fourth-order valence-corrected chi connectivity index (χ4v) is 3.29. The molecule has 2 heterocycles. The Balaban J connectivity index is 1.76. The fourth-order valence-electron chi connectivity index (χ4n) is 2.31. The molecule has 0 unspecified atom stereocenters. The Hall–Kier alpha value is -2.28. The number of fused-ring (bicyclic) bond motifs is 1. The van der Waals surface area contributed by atoms with Gasteiger partial charge in [-0.15, -0.1) is 0 Å². The molecule has 3 rings (SSSR count). The van der Waals surface area contributed by atoms with Gasteiger partial charge in [0.25, 0.3) is 0 Å². The first-order chi connectivity index (χ1) is 11.1. The maximum atomic E-state index is 12.3. The second-order valence-electron chi connectivity index (χ2n) is 5.21. The molecule has 6 nitrogen and oxygen atoms in total. The molecule has 1 aromatic carbocycles. The average molecular weight is 330 g/mol. The molecule has 0 saturated heterocycles. The molecule has 1 N–H and O–H groups in total. The zero-order valence-corrected chi connectivity index (χ0v) is 14.1. The molecule has 2 aromatic heterocycles. The number of aryl methyl sites for hydroxylation is 2. The lowest BCUT2D eigenvalue weighted by molar-refractivity contribution is -0.115. The van der Waals surface area contributed by atoms with Gasteiger partial charge in [0.1, 0.15) is 0 Å². The predicted molar refractivity (Wildman–Crippen MR) is 90.6 cm³/mol. The van der Waals surface area contributed by atoms with Crippen LogP contribution >= 0.6 is 11.8 Å². The number of rotatable bonds is 5. The number of carbonyl (C=O) groups excluding carboxylic acids is 1. The van der Waals surface area contributed by atoms with E-state index in [2.05, 4.69) is 26.9 Å². The summed E-state index contributed by atoms with van der Waals surface area (Å²) in [6.07, 6.45) is 0. The van der Waals surface area contributed by atoms with Gasteiger partial charge >= 0.3 is 0 Å². The summed E-state index contributed by atoms with van der Waals surface area (Å²) in [4.78, 5) is 16.9. The maximum Gasteiger partial charge on any atom is 0.240 e. The molecular weight excluding hydrogens is 312 g/mol. The number of thioether (sulfide) groups is 1. The van der Waals surface area contributed by atoms with Crippen LogP contribution in [0.4, 0.5) is 5.88 Å². The summed E-state index contributed by atoms with van der Waals surface area (Å²) in [7, 11) is 0. The first kappa shape index (κ1) is 15.6. The molecule has 0 radical (unpaired) electrons. The molecule has 0 aliphatic heterocycles. The molecule has 0 aliphatic rings. The minimum atomic E-state index is -0.303. The average Bonchev–Trinajstić information content (AvgIpc) is 3.09. The smallest absolute Gasteiger partial charge is 0.240 e. The van der Waals surface area contributed by atoms with E-state index in [1.807, 2.05) is 31.2 Å². The second kappa shape index (κ2) is 6.45. The zero-order valence-electron chi connectivity index (χ0n) is 13.2. The third-order valence-corrected chi connectivity index (χ3v) is 4.55. The highest BCUT2D eigenvalue weighted by molar-refractivity contribution is 8.00. The number of amides is 1. The number of nitrogens with one attached hydrogen (secondary N) is 1. The quantitative estimate of drug-likeness (QED) is 0.725. The topological polar surface area (TPSA) is 73.0 Å². The van der Waals surface area contributed by atoms with Crippen molar-refractivity contribution in [2.75, 3.05) is 5.32 Å². The van der Waals surface area contributed by atoms with Crippen LogP contribution in [0.1, 0.15) is 19.5 Å². The van der Waals surface area contributed by atoms with Gasteiger partial charge in [-0.25, -0.2) is 4.98 Å². The van der Waals surface area contributed by atoms with E-state index in [-0.39, 0.29) is 11.2 Å². The number of nitrogens with zero attached hydrogens (tertiary/aromatic N) is 3. The van der Waals surface area contributed by atoms with Crippen molar-refractivity contribution < 1.29 is 9.32 Å². The number of carbonyl (C=O) groups is 1. The third kappa shape index (κ3) is 3.24. The number of hydrogen-bond acceptors (Lipinski definition) is 5. The van der Waals surface area contributed by atoms with Crippen molar-refractivity contribution in [3.05, 3.63) is 36.0 Å². The van der Waals surface area contributed by atoms with Gasteiger partial charge in [0.15, 0.2) is 5.16 Å². The van der Waals surface area contributed by atoms with Gasteiger partial charge in [0.2, 0.25) is 11.8 Å². The lowest BCUT2D eigenvalue weighted by Gasteiger charge is -2.11. The molecule has 7 heteroatoms. The number of para-hydroxylation sites is 2. The van der Waals surface area contributed by atoms with E-state index in [9.17, 15) is 4.79 Å². The molecule has 0 fully saturated rings. The number of benzene rings is 1. The van der Waals surface area contributed by atoms with Crippen molar-refractivity contribution in [3.63, 3.8) is 0 Å². The molecule has 0 aliphatic carbocycles. The van der Waals surface area contributed by atoms with Crippen LogP contribution in [0.3, 0.4) is 0 Å². The molecular formula is C16H18N4O2S. The van der Waals surface area contributed by atoms with Crippen LogP contribution in [0.2, 0.25) is 0 Å². The van der Waals surface area contributed by atoms with Gasteiger partial charge in [-0.1, -0.05) is 29.1 Å². The van der Waals surface area contributed by atoms with E-state index in [0.717, 1.165) is 28.4 Å². The first-order valence-electron chi connectivity index (χ1n) is 7.44. The molecule has 120 valence electrons. The van der Waals surface area contributed by atoms with Gasteiger partial charge in [0.05, 0.1) is 22.0 Å². The lowest BCUT2D eigenvalue weighted by atomic mass is 10.3. The van der Waals surface area contributed by atoms with Crippen molar-refractivity contribution in [3.8, 4) is 0 Å².